The fraction of sp³-hybridized carbons (Fsp3) is 0.533. The van der Waals surface area contributed by atoms with E-state index in [0.29, 0.717) is 0 Å². The van der Waals surface area contributed by atoms with E-state index in [1.807, 2.05) is 0 Å². The first-order valence-electron chi connectivity index (χ1n) is 6.25. The van der Waals surface area contributed by atoms with Gasteiger partial charge in [-0.15, -0.1) is 19.7 Å². The molecule has 0 radical (unpaired) electrons. The Bertz CT molecular complexity index is 325. The molecule has 0 aliphatic heterocycles. The van der Waals surface area contributed by atoms with Crippen LogP contribution in [0, 0.1) is 5.41 Å². The average molecular weight is 268 g/mol. The number of hydrogen-bond acceptors (Lipinski definition) is 3. The largest absolute Gasteiger partial charge is 0.481 e. The third-order valence-electron chi connectivity index (χ3n) is 3.52. The van der Waals surface area contributed by atoms with E-state index in [1.165, 1.54) is 0 Å². The second-order valence-electron chi connectivity index (χ2n) is 4.68. The number of allylic oxidation sites excluding steroid dienone is 2. The summed E-state index contributed by atoms with van der Waals surface area (Å²) in [4.78, 5) is 11.8. The third kappa shape index (κ3) is 3.78. The summed E-state index contributed by atoms with van der Waals surface area (Å²) < 4.78 is 5.70. The van der Waals surface area contributed by atoms with Gasteiger partial charge in [0.15, 0.2) is 0 Å². The Kier molecular flexibility index (Phi) is 7.34. The molecule has 1 atom stereocenters. The summed E-state index contributed by atoms with van der Waals surface area (Å²) in [6.45, 7) is 12.6. The molecule has 0 rings (SSSR count). The highest BCUT2D eigenvalue weighted by atomic mass is 16.5. The van der Waals surface area contributed by atoms with Crippen molar-refractivity contribution in [2.45, 2.75) is 31.8 Å². The van der Waals surface area contributed by atoms with E-state index >= 15 is 0 Å². The molecule has 2 N–H and O–H groups in total. The zero-order valence-electron chi connectivity index (χ0n) is 11.6. The Morgan fingerprint density at radius 1 is 1.21 bits per heavy atom. The molecule has 1 unspecified atom stereocenters. The summed E-state index contributed by atoms with van der Waals surface area (Å²) in [6.07, 6.45) is 5.37. The number of carboxylic acid groups (broad SMARTS) is 1. The van der Waals surface area contributed by atoms with Crippen molar-refractivity contribution in [1.29, 1.82) is 0 Å². The summed E-state index contributed by atoms with van der Waals surface area (Å²) in [5.41, 5.74) is -2.22. The van der Waals surface area contributed by atoms with Crippen molar-refractivity contribution >= 4 is 5.97 Å². The normalized spacial score (nSPS) is 14.4. The second-order valence-corrected chi connectivity index (χ2v) is 4.68. The number of aliphatic hydroxyl groups excluding tert-OH is 1. The van der Waals surface area contributed by atoms with Crippen molar-refractivity contribution in [2.24, 2.45) is 5.41 Å². The van der Waals surface area contributed by atoms with Crippen LogP contribution in [0.4, 0.5) is 0 Å². The highest BCUT2D eigenvalue weighted by molar-refractivity contribution is 5.77. The van der Waals surface area contributed by atoms with Gasteiger partial charge in [0, 0.05) is 13.0 Å². The van der Waals surface area contributed by atoms with Gasteiger partial charge in [-0.3, -0.25) is 4.79 Å². The molecule has 19 heavy (non-hydrogen) atoms. The Morgan fingerprint density at radius 2 is 1.74 bits per heavy atom. The summed E-state index contributed by atoms with van der Waals surface area (Å²) in [5.74, 6) is -0.979. The molecule has 0 aliphatic carbocycles. The fourth-order valence-corrected chi connectivity index (χ4v) is 2.31. The first-order valence-corrected chi connectivity index (χ1v) is 6.25. The quantitative estimate of drug-likeness (QED) is 0.565. The lowest BCUT2D eigenvalue weighted by Crippen LogP contribution is -2.53. The van der Waals surface area contributed by atoms with Gasteiger partial charge in [0.05, 0.1) is 12.2 Å². The van der Waals surface area contributed by atoms with E-state index in [4.69, 9.17) is 4.74 Å². The molecule has 4 heteroatoms. The van der Waals surface area contributed by atoms with Crippen molar-refractivity contribution in [3.8, 4) is 0 Å². The van der Waals surface area contributed by atoms with Crippen molar-refractivity contribution in [1.82, 2.24) is 0 Å². The standard InChI is InChI=1S/C15H24O4/c1-5-8-15(9-6-2,13(17)18)14(4,10-11-16)19-12-7-3/h5-7,16H,1-3,8-12H2,4H3,(H,17,18). The predicted molar refractivity (Wildman–Crippen MR) is 76.0 cm³/mol. The molecule has 0 spiro atoms. The zero-order valence-corrected chi connectivity index (χ0v) is 11.6. The van der Waals surface area contributed by atoms with Crippen LogP contribution in [0.15, 0.2) is 38.0 Å². The molecule has 108 valence electrons. The van der Waals surface area contributed by atoms with Crippen LogP contribution >= 0.6 is 0 Å². The smallest absolute Gasteiger partial charge is 0.313 e. The van der Waals surface area contributed by atoms with Crippen LogP contribution in [0.3, 0.4) is 0 Å². The SMILES string of the molecule is C=CCOC(C)(CCO)C(CC=C)(CC=C)C(=O)O. The van der Waals surface area contributed by atoms with Gasteiger partial charge in [-0.25, -0.2) is 0 Å². The minimum Gasteiger partial charge on any atom is -0.481 e. The molecule has 0 aliphatic rings. The van der Waals surface area contributed by atoms with Gasteiger partial charge in [0.2, 0.25) is 0 Å². The number of hydrogen-bond donors (Lipinski definition) is 2. The van der Waals surface area contributed by atoms with Gasteiger partial charge < -0.3 is 14.9 Å². The summed E-state index contributed by atoms with van der Waals surface area (Å²) >= 11 is 0. The molecule has 0 bridgehead atoms. The van der Waals surface area contributed by atoms with Crippen LogP contribution in [-0.2, 0) is 9.53 Å². The summed E-state index contributed by atoms with van der Waals surface area (Å²) in [7, 11) is 0. The molecule has 0 fully saturated rings. The molecule has 0 aromatic carbocycles. The molecule has 0 saturated heterocycles. The van der Waals surface area contributed by atoms with E-state index in [9.17, 15) is 15.0 Å². The molecular formula is C15H24O4. The highest BCUT2D eigenvalue weighted by Gasteiger charge is 2.53. The van der Waals surface area contributed by atoms with Crippen LogP contribution < -0.4 is 0 Å². The van der Waals surface area contributed by atoms with E-state index in [-0.39, 0.29) is 32.5 Å². The van der Waals surface area contributed by atoms with E-state index < -0.39 is 17.0 Å². The Hall–Kier alpha value is -1.39. The molecular weight excluding hydrogens is 244 g/mol. The second kappa shape index (κ2) is 7.92. The number of carboxylic acids is 1. The average Bonchev–Trinajstić information content (AvgIpc) is 2.36. The fourth-order valence-electron chi connectivity index (χ4n) is 2.31. The lowest BCUT2D eigenvalue weighted by Gasteiger charge is -2.44. The van der Waals surface area contributed by atoms with Crippen LogP contribution in [0.1, 0.15) is 26.2 Å². The molecule has 0 heterocycles. The van der Waals surface area contributed by atoms with Gasteiger partial charge in [0.1, 0.15) is 5.41 Å². The maximum Gasteiger partial charge on any atom is 0.313 e. The van der Waals surface area contributed by atoms with Crippen LogP contribution in [0.2, 0.25) is 0 Å². The van der Waals surface area contributed by atoms with E-state index in [1.54, 1.807) is 25.2 Å². The number of ether oxygens (including phenoxy) is 1. The molecule has 0 amide bonds. The Morgan fingerprint density at radius 3 is 2.05 bits per heavy atom. The number of aliphatic carboxylic acids is 1. The maximum absolute atomic E-state index is 11.8. The topological polar surface area (TPSA) is 66.8 Å². The van der Waals surface area contributed by atoms with Gasteiger partial charge >= 0.3 is 5.97 Å². The van der Waals surface area contributed by atoms with Gasteiger partial charge in [-0.05, 0) is 19.8 Å². The number of aliphatic hydroxyl groups is 1. The van der Waals surface area contributed by atoms with Crippen LogP contribution in [-0.4, -0.2) is 35.0 Å². The minimum absolute atomic E-state index is 0.156. The van der Waals surface area contributed by atoms with Crippen molar-refractivity contribution in [2.75, 3.05) is 13.2 Å². The minimum atomic E-state index is -1.19. The molecule has 0 saturated carbocycles. The zero-order chi connectivity index (χ0) is 14.9. The van der Waals surface area contributed by atoms with Gasteiger partial charge in [-0.1, -0.05) is 18.2 Å². The highest BCUT2D eigenvalue weighted by Crippen LogP contribution is 2.44. The van der Waals surface area contributed by atoms with Crippen molar-refractivity contribution < 1.29 is 19.7 Å². The van der Waals surface area contributed by atoms with Crippen LogP contribution in [0.25, 0.3) is 0 Å². The predicted octanol–water partition coefficient (Wildman–Crippen LogP) is 2.55. The Balaban J connectivity index is 5.66. The van der Waals surface area contributed by atoms with Crippen molar-refractivity contribution in [3.05, 3.63) is 38.0 Å². The van der Waals surface area contributed by atoms with Crippen LogP contribution in [0.5, 0.6) is 0 Å². The lowest BCUT2D eigenvalue weighted by molar-refractivity contribution is -0.177. The molecule has 0 aromatic rings. The van der Waals surface area contributed by atoms with Gasteiger partial charge in [-0.2, -0.15) is 0 Å². The summed E-state index contributed by atoms with van der Waals surface area (Å²) in [5, 5.41) is 18.9. The van der Waals surface area contributed by atoms with Crippen molar-refractivity contribution in [3.63, 3.8) is 0 Å². The lowest BCUT2D eigenvalue weighted by atomic mass is 9.66. The Labute approximate surface area is 115 Å². The molecule has 4 nitrogen and oxygen atoms in total. The monoisotopic (exact) mass is 268 g/mol. The first-order chi connectivity index (χ1) is 8.94. The third-order valence-corrected chi connectivity index (χ3v) is 3.52. The molecule has 0 aromatic heterocycles. The van der Waals surface area contributed by atoms with E-state index in [0.717, 1.165) is 0 Å². The van der Waals surface area contributed by atoms with E-state index in [2.05, 4.69) is 19.7 Å². The number of carbonyl (C=O) groups is 1. The number of rotatable bonds is 11. The maximum atomic E-state index is 11.8. The van der Waals surface area contributed by atoms with Gasteiger partial charge in [0.25, 0.3) is 0 Å². The summed E-state index contributed by atoms with van der Waals surface area (Å²) in [6, 6.07) is 0. The first kappa shape index (κ1) is 17.6.